The second-order valence-corrected chi connectivity index (χ2v) is 4.92. The predicted octanol–water partition coefficient (Wildman–Crippen LogP) is 3.20. The van der Waals surface area contributed by atoms with E-state index >= 15 is 0 Å². The number of rotatable bonds is 6. The normalized spacial score (nSPS) is 10.2. The molecule has 0 aliphatic carbocycles. The van der Waals surface area contributed by atoms with Crippen LogP contribution in [-0.4, -0.2) is 12.1 Å². The summed E-state index contributed by atoms with van der Waals surface area (Å²) in [7, 11) is 0. The number of hydrogen-bond acceptors (Lipinski definition) is 4. The Morgan fingerprint density at radius 2 is 1.90 bits per heavy atom. The van der Waals surface area contributed by atoms with Gasteiger partial charge in [0.25, 0.3) is 0 Å². The molecule has 0 spiro atoms. The second kappa shape index (κ2) is 8.96. The quantitative estimate of drug-likeness (QED) is 0.812. The predicted molar refractivity (Wildman–Crippen MR) is 74.5 cm³/mol. The molecule has 5 nitrogen and oxygen atoms in total. The molecule has 0 heterocycles. The van der Waals surface area contributed by atoms with Crippen molar-refractivity contribution in [1.29, 1.82) is 0 Å². The van der Waals surface area contributed by atoms with Crippen LogP contribution in [0.4, 0.5) is 4.79 Å². The third kappa shape index (κ3) is 7.41. The Labute approximate surface area is 119 Å². The fraction of sp³-hybridized carbons (Fsp3) is 0.467. The van der Waals surface area contributed by atoms with Crippen LogP contribution in [0.1, 0.15) is 38.7 Å². The molecule has 0 radical (unpaired) electrons. The van der Waals surface area contributed by atoms with Crippen LogP contribution in [-0.2, 0) is 21.0 Å². The van der Waals surface area contributed by atoms with Gasteiger partial charge in [-0.05, 0) is 17.9 Å². The maximum absolute atomic E-state index is 11.3. The molecule has 110 valence electrons. The first kappa shape index (κ1) is 16.0. The number of hydroxylamine groups is 1. The van der Waals surface area contributed by atoms with Gasteiger partial charge in [-0.2, -0.15) is 0 Å². The lowest BCUT2D eigenvalue weighted by Gasteiger charge is -2.07. The summed E-state index contributed by atoms with van der Waals surface area (Å²) in [5, 5.41) is 0. The van der Waals surface area contributed by atoms with Gasteiger partial charge in [0.1, 0.15) is 6.61 Å². The molecule has 1 amide bonds. The first-order valence-electron chi connectivity index (χ1n) is 6.74. The van der Waals surface area contributed by atoms with Crippen LogP contribution in [0.5, 0.6) is 0 Å². The summed E-state index contributed by atoms with van der Waals surface area (Å²) < 4.78 is 4.89. The molecule has 1 aromatic rings. The smallest absolute Gasteiger partial charge is 0.441 e. The van der Waals surface area contributed by atoms with Gasteiger partial charge in [-0.25, -0.2) is 9.59 Å². The summed E-state index contributed by atoms with van der Waals surface area (Å²) in [4.78, 5) is 27.2. The van der Waals surface area contributed by atoms with Gasteiger partial charge in [-0.3, -0.25) is 0 Å². The molecule has 0 unspecified atom stereocenters. The van der Waals surface area contributed by atoms with Crippen molar-refractivity contribution in [2.75, 3.05) is 0 Å². The number of carbonyl (C=O) groups excluding carboxylic acids is 2. The van der Waals surface area contributed by atoms with Gasteiger partial charge in [0, 0.05) is 6.42 Å². The van der Waals surface area contributed by atoms with Gasteiger partial charge in [0.2, 0.25) is 0 Å². The van der Waals surface area contributed by atoms with Gasteiger partial charge in [-0.15, -0.1) is 5.48 Å². The highest BCUT2D eigenvalue weighted by Crippen LogP contribution is 2.06. The zero-order chi connectivity index (χ0) is 14.8. The third-order valence-corrected chi connectivity index (χ3v) is 2.62. The van der Waals surface area contributed by atoms with E-state index in [1.165, 1.54) is 0 Å². The van der Waals surface area contributed by atoms with E-state index in [0.29, 0.717) is 5.92 Å². The lowest BCUT2D eigenvalue weighted by molar-refractivity contribution is -0.150. The maximum Gasteiger partial charge on any atom is 0.441 e. The molecule has 0 aliphatic rings. The molecular weight excluding hydrogens is 258 g/mol. The summed E-state index contributed by atoms with van der Waals surface area (Å²) >= 11 is 0. The molecule has 0 atom stereocenters. The monoisotopic (exact) mass is 279 g/mol. The van der Waals surface area contributed by atoms with Crippen molar-refractivity contribution in [3.63, 3.8) is 0 Å². The minimum Gasteiger partial charge on any atom is -0.443 e. The lowest BCUT2D eigenvalue weighted by atomic mass is 10.1. The Hall–Kier alpha value is -2.04. The van der Waals surface area contributed by atoms with Crippen LogP contribution in [0.3, 0.4) is 0 Å². The number of nitrogens with one attached hydrogen (secondary N) is 1. The van der Waals surface area contributed by atoms with Gasteiger partial charge in [0.05, 0.1) is 0 Å². The fourth-order valence-electron chi connectivity index (χ4n) is 1.56. The molecule has 0 bridgehead atoms. The van der Waals surface area contributed by atoms with E-state index in [1.54, 1.807) is 0 Å². The molecular formula is C15H21NO4. The molecule has 0 saturated heterocycles. The minimum absolute atomic E-state index is 0.136. The van der Waals surface area contributed by atoms with Crippen LogP contribution in [0, 0.1) is 5.92 Å². The van der Waals surface area contributed by atoms with Crippen LogP contribution in [0.15, 0.2) is 30.3 Å². The molecule has 20 heavy (non-hydrogen) atoms. The summed E-state index contributed by atoms with van der Waals surface area (Å²) in [6.45, 7) is 4.31. The highest BCUT2D eigenvalue weighted by molar-refractivity contribution is 5.73. The molecule has 1 N–H and O–H groups in total. The summed E-state index contributed by atoms with van der Waals surface area (Å²) in [6.07, 6.45) is 1.22. The second-order valence-electron chi connectivity index (χ2n) is 4.92. The summed E-state index contributed by atoms with van der Waals surface area (Å²) in [5.41, 5.74) is 2.85. The van der Waals surface area contributed by atoms with Crippen LogP contribution < -0.4 is 5.48 Å². The van der Waals surface area contributed by atoms with Gasteiger partial charge >= 0.3 is 12.1 Å². The number of hydrogen-bond donors (Lipinski definition) is 1. The van der Waals surface area contributed by atoms with E-state index in [4.69, 9.17) is 4.74 Å². The topological polar surface area (TPSA) is 64.6 Å². The van der Waals surface area contributed by atoms with E-state index in [9.17, 15) is 9.59 Å². The van der Waals surface area contributed by atoms with Crippen molar-refractivity contribution in [3.8, 4) is 0 Å². The Morgan fingerprint density at radius 3 is 2.55 bits per heavy atom. The highest BCUT2D eigenvalue weighted by Gasteiger charge is 2.08. The van der Waals surface area contributed by atoms with Gasteiger partial charge < -0.3 is 9.57 Å². The molecule has 0 saturated carbocycles. The van der Waals surface area contributed by atoms with Crippen LogP contribution in [0.2, 0.25) is 0 Å². The third-order valence-electron chi connectivity index (χ3n) is 2.62. The molecule has 0 fully saturated rings. The minimum atomic E-state index is -0.772. The van der Waals surface area contributed by atoms with Crippen LogP contribution in [0.25, 0.3) is 0 Å². The van der Waals surface area contributed by atoms with Crippen molar-refractivity contribution >= 4 is 12.1 Å². The Balaban J connectivity index is 2.12. The maximum atomic E-state index is 11.3. The SMILES string of the molecule is CC(C)CCCC(=O)ONC(=O)OCc1ccccc1. The first-order valence-corrected chi connectivity index (χ1v) is 6.74. The Morgan fingerprint density at radius 1 is 1.20 bits per heavy atom. The van der Waals surface area contributed by atoms with Crippen molar-refractivity contribution in [2.24, 2.45) is 5.92 Å². The molecule has 0 aliphatic heterocycles. The standard InChI is InChI=1S/C15H21NO4/c1-12(2)7-6-10-14(17)20-16-15(18)19-11-13-8-4-3-5-9-13/h3-5,8-9,12H,6-7,10-11H2,1-2H3,(H,16,18). The van der Waals surface area contributed by atoms with E-state index in [1.807, 2.05) is 35.8 Å². The lowest BCUT2D eigenvalue weighted by Crippen LogP contribution is -2.27. The van der Waals surface area contributed by atoms with E-state index < -0.39 is 12.1 Å². The van der Waals surface area contributed by atoms with Crippen molar-refractivity contribution in [2.45, 2.75) is 39.7 Å². The Kier molecular flexibility index (Phi) is 7.17. The number of ether oxygens (including phenoxy) is 1. The largest absolute Gasteiger partial charge is 0.443 e. The van der Waals surface area contributed by atoms with E-state index in [-0.39, 0.29) is 13.0 Å². The molecule has 0 aromatic heterocycles. The highest BCUT2D eigenvalue weighted by atomic mass is 16.7. The molecule has 1 rings (SSSR count). The number of benzene rings is 1. The average Bonchev–Trinajstić information content (AvgIpc) is 2.43. The van der Waals surface area contributed by atoms with E-state index in [0.717, 1.165) is 18.4 Å². The first-order chi connectivity index (χ1) is 9.58. The summed E-state index contributed by atoms with van der Waals surface area (Å²) in [5.74, 6) is 0.0916. The molecule has 1 aromatic carbocycles. The average molecular weight is 279 g/mol. The van der Waals surface area contributed by atoms with Crippen molar-refractivity contribution < 1.29 is 19.2 Å². The zero-order valence-electron chi connectivity index (χ0n) is 11.9. The zero-order valence-corrected chi connectivity index (χ0v) is 11.9. The number of carbonyl (C=O) groups is 2. The summed E-state index contributed by atoms with van der Waals surface area (Å²) in [6, 6.07) is 9.26. The van der Waals surface area contributed by atoms with Crippen molar-refractivity contribution in [3.05, 3.63) is 35.9 Å². The van der Waals surface area contributed by atoms with Gasteiger partial charge in [0.15, 0.2) is 0 Å². The van der Waals surface area contributed by atoms with Crippen LogP contribution >= 0.6 is 0 Å². The molecule has 5 heteroatoms. The number of amides is 1. The van der Waals surface area contributed by atoms with Gasteiger partial charge in [-0.1, -0.05) is 50.6 Å². The van der Waals surface area contributed by atoms with E-state index in [2.05, 4.69) is 18.7 Å². The Bertz CT molecular complexity index is 417. The van der Waals surface area contributed by atoms with Crippen molar-refractivity contribution in [1.82, 2.24) is 5.48 Å². The fourth-order valence-corrected chi connectivity index (χ4v) is 1.56.